The average molecular weight is 632 g/mol. The summed E-state index contributed by atoms with van der Waals surface area (Å²) in [5.74, 6) is -1.57. The Hall–Kier alpha value is -3.66. The topological polar surface area (TPSA) is 168 Å². The molecule has 2 amide bonds. The summed E-state index contributed by atoms with van der Waals surface area (Å²) in [6.07, 6.45) is 10.6. The number of aliphatic carboxylic acids is 1. The number of nitrogens with two attached hydrogens (primary N) is 1. The van der Waals surface area contributed by atoms with Gasteiger partial charge in [-0.25, -0.2) is 4.79 Å². The summed E-state index contributed by atoms with van der Waals surface area (Å²) < 4.78 is 5.64. The lowest BCUT2D eigenvalue weighted by molar-refractivity contribution is -0.141. The van der Waals surface area contributed by atoms with Gasteiger partial charge in [-0.15, -0.1) is 0 Å². The normalized spacial score (nSPS) is 21.5. The third-order valence-corrected chi connectivity index (χ3v) is 9.12. The number of ketones is 1. The highest BCUT2D eigenvalue weighted by atomic mass is 35.5. The average Bonchev–Trinajstić information content (AvgIpc) is 2.95. The summed E-state index contributed by atoms with van der Waals surface area (Å²) in [6, 6.07) is -0.955. The minimum absolute atomic E-state index is 0.0818. The maximum atomic E-state index is 12.4. The predicted octanol–water partition coefficient (Wildman–Crippen LogP) is 5.08. The number of nitrogens with one attached hydrogen (secondary N) is 1. The van der Waals surface area contributed by atoms with Crippen LogP contribution < -0.4 is 15.8 Å². The zero-order chi connectivity index (χ0) is 33.2. The molecule has 1 saturated carbocycles. The van der Waals surface area contributed by atoms with Crippen LogP contribution in [-0.2, 0) is 25.6 Å². The molecular formula is C33H46ClN3O7. The van der Waals surface area contributed by atoms with Crippen molar-refractivity contribution < 1.29 is 34.1 Å². The van der Waals surface area contributed by atoms with Crippen molar-refractivity contribution in [1.29, 1.82) is 0 Å². The van der Waals surface area contributed by atoms with Crippen LogP contribution in [0.15, 0.2) is 28.8 Å². The van der Waals surface area contributed by atoms with Gasteiger partial charge < -0.3 is 26.0 Å². The van der Waals surface area contributed by atoms with Gasteiger partial charge in [0, 0.05) is 43.1 Å². The summed E-state index contributed by atoms with van der Waals surface area (Å²) in [5, 5.41) is 23.2. The second kappa shape index (κ2) is 16.4. The molecule has 1 aromatic rings. The number of carbonyl (C=O) groups is 4. The molecule has 0 spiro atoms. The van der Waals surface area contributed by atoms with Crippen molar-refractivity contribution in [2.75, 3.05) is 13.2 Å². The number of halogens is 1. The quantitative estimate of drug-likeness (QED) is 0.119. The van der Waals surface area contributed by atoms with E-state index in [4.69, 9.17) is 22.1 Å². The Kier molecular flexibility index (Phi) is 13.6. The van der Waals surface area contributed by atoms with E-state index in [0.29, 0.717) is 48.4 Å². The predicted molar refractivity (Wildman–Crippen MR) is 171 cm³/mol. The van der Waals surface area contributed by atoms with Crippen molar-refractivity contribution in [3.8, 4) is 11.5 Å². The third kappa shape index (κ3) is 9.67. The number of phenolic OH excluding ortho intramolecular Hbond substituents is 1. The fourth-order valence-electron chi connectivity index (χ4n) is 5.33. The molecule has 1 fully saturated rings. The van der Waals surface area contributed by atoms with Crippen LogP contribution in [0.1, 0.15) is 83.4 Å². The molecule has 11 heteroatoms. The maximum absolute atomic E-state index is 12.4. The molecule has 5 N–H and O–H groups in total. The molecule has 0 unspecified atom stereocenters. The number of phenols is 1. The van der Waals surface area contributed by atoms with Gasteiger partial charge in [0.15, 0.2) is 6.61 Å². The fraction of sp³-hybridized carbons (Fsp3) is 0.545. The van der Waals surface area contributed by atoms with E-state index in [1.165, 1.54) is 13.1 Å². The zero-order valence-corrected chi connectivity index (χ0v) is 27.3. The Morgan fingerprint density at radius 2 is 1.93 bits per heavy atom. The second-order valence-electron chi connectivity index (χ2n) is 11.9. The lowest BCUT2D eigenvalue weighted by atomic mass is 9.61. The molecule has 10 nitrogen and oxygen atoms in total. The second-order valence-corrected chi connectivity index (χ2v) is 12.2. The highest BCUT2D eigenvalue weighted by Gasteiger charge is 2.41. The molecular weight excluding hydrogens is 586 g/mol. The molecule has 0 saturated heterocycles. The summed E-state index contributed by atoms with van der Waals surface area (Å²) in [5.41, 5.74) is 7.22. The number of Topliss-reactive ketones (excluding diaryl/α,β-unsaturated/α-hetero) is 1. The van der Waals surface area contributed by atoms with Crippen LogP contribution in [0, 0.1) is 24.2 Å². The standard InChI is InChI=1S/C33H46ClN3O7/c1-19(14-15-33(6)20(2)11-13-27(39)22(33)4)10-12-24-30(41)25(21(3)29(34)31(24)44-18-28(35)40)17-36-16-8-7-9-26(32(42)43)37-23(5)38/h10,14-15,17,20,22,26,41H,7-9,11-13,16,18H2,1-6H3,(H2,35,40)(H,37,38)(H,42,43)/t20-,22+,26+,33+/m1/s1. The number of amides is 2. The Bertz CT molecular complexity index is 1340. The molecule has 1 aromatic carbocycles. The number of nitrogens with zero attached hydrogens (tertiary/aromatic N) is 1. The van der Waals surface area contributed by atoms with Gasteiger partial charge in [-0.3, -0.25) is 19.4 Å². The number of benzene rings is 1. The first-order valence-corrected chi connectivity index (χ1v) is 15.3. The molecule has 0 aliphatic heterocycles. The van der Waals surface area contributed by atoms with Crippen LogP contribution in [0.3, 0.4) is 0 Å². The molecule has 2 rings (SSSR count). The molecule has 0 heterocycles. The van der Waals surface area contributed by atoms with E-state index in [1.807, 2.05) is 26.0 Å². The van der Waals surface area contributed by atoms with Crippen LogP contribution in [0.2, 0.25) is 5.02 Å². The Morgan fingerprint density at radius 1 is 1.25 bits per heavy atom. The molecule has 4 atom stereocenters. The number of aromatic hydroxyl groups is 1. The minimum atomic E-state index is -1.09. The summed E-state index contributed by atoms with van der Waals surface area (Å²) in [4.78, 5) is 50.8. The smallest absolute Gasteiger partial charge is 0.326 e. The van der Waals surface area contributed by atoms with Crippen LogP contribution in [0.25, 0.3) is 0 Å². The van der Waals surface area contributed by atoms with E-state index in [1.54, 1.807) is 6.92 Å². The van der Waals surface area contributed by atoms with E-state index < -0.39 is 30.4 Å². The van der Waals surface area contributed by atoms with E-state index >= 15 is 0 Å². The van der Waals surface area contributed by atoms with Gasteiger partial charge in [0.1, 0.15) is 23.3 Å². The number of aliphatic imine (C=N–C) groups is 1. The van der Waals surface area contributed by atoms with Crippen molar-refractivity contribution in [2.24, 2.45) is 28.0 Å². The van der Waals surface area contributed by atoms with Gasteiger partial charge in [-0.1, -0.05) is 56.2 Å². The molecule has 1 aliphatic rings. The highest BCUT2D eigenvalue weighted by Crippen LogP contribution is 2.45. The molecule has 1 aliphatic carbocycles. The molecule has 242 valence electrons. The molecule has 0 bridgehead atoms. The van der Waals surface area contributed by atoms with E-state index in [9.17, 15) is 29.4 Å². The number of hydrogen-bond donors (Lipinski definition) is 4. The summed E-state index contributed by atoms with van der Waals surface area (Å²) in [7, 11) is 0. The van der Waals surface area contributed by atoms with Crippen molar-refractivity contribution >= 4 is 41.4 Å². The zero-order valence-electron chi connectivity index (χ0n) is 26.5. The van der Waals surface area contributed by atoms with Gasteiger partial charge in [0.2, 0.25) is 5.91 Å². The number of hydrogen-bond acceptors (Lipinski definition) is 7. The Labute approximate surface area is 264 Å². The van der Waals surface area contributed by atoms with Gasteiger partial charge in [-0.2, -0.15) is 0 Å². The van der Waals surface area contributed by atoms with Gasteiger partial charge in [-0.05, 0) is 62.8 Å². The monoisotopic (exact) mass is 631 g/mol. The first-order valence-electron chi connectivity index (χ1n) is 14.9. The van der Waals surface area contributed by atoms with Crippen molar-refractivity contribution in [2.45, 2.75) is 86.1 Å². The minimum Gasteiger partial charge on any atom is -0.507 e. The molecule has 44 heavy (non-hydrogen) atoms. The first kappa shape index (κ1) is 36.5. The van der Waals surface area contributed by atoms with Crippen molar-refractivity contribution in [3.63, 3.8) is 0 Å². The third-order valence-electron chi connectivity index (χ3n) is 8.67. The van der Waals surface area contributed by atoms with Gasteiger partial charge in [0.05, 0.1) is 5.02 Å². The molecule has 0 radical (unpaired) electrons. The number of carboxylic acids is 1. The number of carboxylic acid groups (broad SMARTS) is 1. The molecule has 0 aromatic heterocycles. The highest BCUT2D eigenvalue weighted by molar-refractivity contribution is 6.33. The van der Waals surface area contributed by atoms with Crippen LogP contribution in [0.5, 0.6) is 11.5 Å². The number of ether oxygens (including phenoxy) is 1. The van der Waals surface area contributed by atoms with E-state index in [0.717, 1.165) is 12.0 Å². The van der Waals surface area contributed by atoms with Crippen molar-refractivity contribution in [1.82, 2.24) is 5.32 Å². The maximum Gasteiger partial charge on any atom is 0.326 e. The van der Waals surface area contributed by atoms with E-state index in [2.05, 4.69) is 30.2 Å². The number of unbranched alkanes of at least 4 members (excludes halogenated alkanes) is 1. The lowest BCUT2D eigenvalue weighted by Gasteiger charge is -2.42. The Balaban J connectivity index is 2.28. The largest absolute Gasteiger partial charge is 0.507 e. The Morgan fingerprint density at radius 3 is 2.55 bits per heavy atom. The SMILES string of the molecule is CC(=O)N[C@@H](CCCCN=Cc1c(C)c(Cl)c(OCC(N)=O)c(CC=C(C)C=C[C@@]2(C)[C@H](C)CCC(=O)[C@@H]2C)c1O)C(=O)O. The summed E-state index contributed by atoms with van der Waals surface area (Å²) in [6.45, 7) is 11.1. The number of primary amides is 1. The van der Waals surface area contributed by atoms with Crippen LogP contribution in [0.4, 0.5) is 0 Å². The van der Waals surface area contributed by atoms with Crippen LogP contribution >= 0.6 is 11.6 Å². The van der Waals surface area contributed by atoms with E-state index in [-0.39, 0.29) is 46.5 Å². The number of carbonyl (C=O) groups excluding carboxylic acids is 3. The van der Waals surface area contributed by atoms with Crippen LogP contribution in [-0.4, -0.2) is 59.2 Å². The number of rotatable bonds is 15. The fourth-order valence-corrected chi connectivity index (χ4v) is 5.60. The number of allylic oxidation sites excluding steroid dienone is 4. The first-order chi connectivity index (χ1) is 20.6. The summed E-state index contributed by atoms with van der Waals surface area (Å²) >= 11 is 6.66. The van der Waals surface area contributed by atoms with Crippen molar-refractivity contribution in [3.05, 3.63) is 45.5 Å². The van der Waals surface area contributed by atoms with Gasteiger partial charge in [0.25, 0.3) is 5.91 Å². The lowest BCUT2D eigenvalue weighted by Crippen LogP contribution is -2.40. The van der Waals surface area contributed by atoms with Gasteiger partial charge >= 0.3 is 5.97 Å².